The molecule has 0 bridgehead atoms. The lowest BCUT2D eigenvalue weighted by molar-refractivity contribution is -0.0586. The molecule has 0 radical (unpaired) electrons. The van der Waals surface area contributed by atoms with Gasteiger partial charge in [0.25, 0.3) is 0 Å². The van der Waals surface area contributed by atoms with Crippen LogP contribution < -0.4 is 0 Å². The summed E-state index contributed by atoms with van der Waals surface area (Å²) in [4.78, 5) is 0. The molecule has 1 saturated heterocycles. The van der Waals surface area contributed by atoms with Crippen molar-refractivity contribution in [1.29, 1.82) is 0 Å². The average Bonchev–Trinajstić information content (AvgIpc) is 2.87. The highest BCUT2D eigenvalue weighted by Crippen LogP contribution is 2.51. The van der Waals surface area contributed by atoms with E-state index in [9.17, 15) is 0 Å². The molecule has 2 heteroatoms. The minimum Gasteiger partial charge on any atom is -0.350 e. The fourth-order valence-electron chi connectivity index (χ4n) is 2.22. The van der Waals surface area contributed by atoms with Gasteiger partial charge in [0.1, 0.15) is 0 Å². The van der Waals surface area contributed by atoms with Crippen molar-refractivity contribution in [1.82, 2.24) is 0 Å². The summed E-state index contributed by atoms with van der Waals surface area (Å²) in [5, 5.41) is 0. The van der Waals surface area contributed by atoms with E-state index in [4.69, 9.17) is 9.47 Å². The van der Waals surface area contributed by atoms with Gasteiger partial charge in [-0.1, -0.05) is 30.3 Å². The number of rotatable bonds is 2. The van der Waals surface area contributed by atoms with Crippen molar-refractivity contribution in [3.05, 3.63) is 35.9 Å². The van der Waals surface area contributed by atoms with Crippen LogP contribution in [0.4, 0.5) is 0 Å². The van der Waals surface area contributed by atoms with Gasteiger partial charge in [0.2, 0.25) is 0 Å². The average molecular weight is 190 g/mol. The van der Waals surface area contributed by atoms with Crippen molar-refractivity contribution >= 4 is 0 Å². The van der Waals surface area contributed by atoms with Crippen LogP contribution in [-0.2, 0) is 9.47 Å². The maximum atomic E-state index is 5.51. The van der Waals surface area contributed by atoms with E-state index in [1.807, 2.05) is 0 Å². The van der Waals surface area contributed by atoms with Crippen molar-refractivity contribution < 1.29 is 9.47 Å². The molecule has 1 aliphatic carbocycles. The first-order valence-corrected chi connectivity index (χ1v) is 5.23. The minimum atomic E-state index is 0.0696. The second-order valence-corrected chi connectivity index (χ2v) is 4.03. The third-order valence-electron chi connectivity index (χ3n) is 3.06. The molecule has 1 heterocycles. The van der Waals surface area contributed by atoms with Crippen LogP contribution in [0.1, 0.15) is 17.9 Å². The van der Waals surface area contributed by atoms with Gasteiger partial charge in [0.05, 0.1) is 13.2 Å². The van der Waals surface area contributed by atoms with Crippen molar-refractivity contribution in [2.45, 2.75) is 18.6 Å². The van der Waals surface area contributed by atoms with Crippen LogP contribution in [0, 0.1) is 5.92 Å². The molecule has 2 aliphatic rings. The third-order valence-corrected chi connectivity index (χ3v) is 3.06. The fourth-order valence-corrected chi connectivity index (χ4v) is 2.22. The molecule has 1 aromatic rings. The molecular weight excluding hydrogens is 176 g/mol. The summed E-state index contributed by atoms with van der Waals surface area (Å²) in [5.41, 5.74) is 1.43. The quantitative estimate of drug-likeness (QED) is 0.711. The van der Waals surface area contributed by atoms with E-state index in [1.54, 1.807) is 0 Å². The fraction of sp³-hybridized carbons (Fsp3) is 0.500. The monoisotopic (exact) mass is 190 g/mol. The zero-order chi connectivity index (χ0) is 9.38. The van der Waals surface area contributed by atoms with Crippen molar-refractivity contribution in [3.63, 3.8) is 0 Å². The van der Waals surface area contributed by atoms with Crippen LogP contribution >= 0.6 is 0 Å². The van der Waals surface area contributed by atoms with Crippen LogP contribution in [0.15, 0.2) is 30.3 Å². The van der Waals surface area contributed by atoms with Gasteiger partial charge in [-0.3, -0.25) is 0 Å². The molecule has 0 spiro atoms. The van der Waals surface area contributed by atoms with E-state index in [1.165, 1.54) is 12.0 Å². The number of hydrogen-bond acceptors (Lipinski definition) is 2. The Morgan fingerprint density at radius 2 is 1.71 bits per heavy atom. The maximum Gasteiger partial charge on any atom is 0.161 e. The Hall–Kier alpha value is -0.860. The number of benzene rings is 1. The smallest absolute Gasteiger partial charge is 0.161 e. The Labute approximate surface area is 83.8 Å². The predicted molar refractivity (Wildman–Crippen MR) is 53.0 cm³/mol. The number of hydrogen-bond donors (Lipinski definition) is 0. The molecule has 0 N–H and O–H groups in total. The molecule has 0 amide bonds. The Morgan fingerprint density at radius 1 is 1.00 bits per heavy atom. The van der Waals surface area contributed by atoms with Crippen LogP contribution in [0.5, 0.6) is 0 Å². The van der Waals surface area contributed by atoms with Gasteiger partial charge in [-0.25, -0.2) is 0 Å². The lowest BCUT2D eigenvalue weighted by Crippen LogP contribution is -2.11. The molecule has 2 nitrogen and oxygen atoms in total. The zero-order valence-electron chi connectivity index (χ0n) is 8.06. The van der Waals surface area contributed by atoms with E-state index < -0.39 is 0 Å². The molecule has 2 atom stereocenters. The first-order chi connectivity index (χ1) is 6.95. The van der Waals surface area contributed by atoms with Gasteiger partial charge in [0.15, 0.2) is 6.29 Å². The molecule has 0 aromatic heterocycles. The molecular formula is C12H14O2. The molecule has 1 aliphatic heterocycles. The predicted octanol–water partition coefficient (Wildman–Crippen LogP) is 2.16. The van der Waals surface area contributed by atoms with Gasteiger partial charge in [-0.05, 0) is 17.9 Å². The van der Waals surface area contributed by atoms with E-state index in [0.717, 1.165) is 13.2 Å². The number of ether oxygens (including phenoxy) is 2. The summed E-state index contributed by atoms with van der Waals surface area (Å²) in [5.74, 6) is 1.26. The third kappa shape index (κ3) is 1.45. The van der Waals surface area contributed by atoms with E-state index in [-0.39, 0.29) is 6.29 Å². The molecule has 2 unspecified atom stereocenters. The Balaban J connectivity index is 1.68. The molecule has 14 heavy (non-hydrogen) atoms. The minimum absolute atomic E-state index is 0.0696. The first-order valence-electron chi connectivity index (χ1n) is 5.23. The van der Waals surface area contributed by atoms with E-state index >= 15 is 0 Å². The van der Waals surface area contributed by atoms with Crippen molar-refractivity contribution in [2.75, 3.05) is 13.2 Å². The van der Waals surface area contributed by atoms with Gasteiger partial charge in [-0.15, -0.1) is 0 Å². The summed E-state index contributed by atoms with van der Waals surface area (Å²) < 4.78 is 11.0. The van der Waals surface area contributed by atoms with Crippen LogP contribution in [0.3, 0.4) is 0 Å². The normalized spacial score (nSPS) is 32.0. The molecule has 3 rings (SSSR count). The van der Waals surface area contributed by atoms with Gasteiger partial charge >= 0.3 is 0 Å². The SMILES string of the molecule is c1ccc(C2CC2C2OCCO2)cc1. The largest absolute Gasteiger partial charge is 0.350 e. The second kappa shape index (κ2) is 3.37. The van der Waals surface area contributed by atoms with Gasteiger partial charge in [-0.2, -0.15) is 0 Å². The Kier molecular flexibility index (Phi) is 2.03. The summed E-state index contributed by atoms with van der Waals surface area (Å²) in [7, 11) is 0. The lowest BCUT2D eigenvalue weighted by Gasteiger charge is -2.07. The zero-order valence-corrected chi connectivity index (χ0v) is 8.06. The maximum absolute atomic E-state index is 5.51. The summed E-state index contributed by atoms with van der Waals surface area (Å²) in [6, 6.07) is 10.6. The van der Waals surface area contributed by atoms with Crippen LogP contribution in [0.2, 0.25) is 0 Å². The highest BCUT2D eigenvalue weighted by Gasteiger charge is 2.46. The summed E-state index contributed by atoms with van der Waals surface area (Å²) in [6.07, 6.45) is 1.29. The highest BCUT2D eigenvalue weighted by atomic mass is 16.7. The van der Waals surface area contributed by atoms with E-state index in [2.05, 4.69) is 30.3 Å². The Morgan fingerprint density at radius 3 is 2.43 bits per heavy atom. The Bertz CT molecular complexity index is 303. The van der Waals surface area contributed by atoms with E-state index in [0.29, 0.717) is 11.8 Å². The first kappa shape index (κ1) is 8.45. The van der Waals surface area contributed by atoms with Gasteiger partial charge in [0, 0.05) is 5.92 Å². The van der Waals surface area contributed by atoms with Gasteiger partial charge < -0.3 is 9.47 Å². The molecule has 1 saturated carbocycles. The van der Waals surface area contributed by atoms with Crippen LogP contribution in [0.25, 0.3) is 0 Å². The summed E-state index contributed by atoms with van der Waals surface area (Å²) in [6.45, 7) is 1.53. The van der Waals surface area contributed by atoms with Crippen LogP contribution in [-0.4, -0.2) is 19.5 Å². The highest BCUT2D eigenvalue weighted by molar-refractivity contribution is 5.25. The molecule has 74 valence electrons. The molecule has 1 aromatic carbocycles. The van der Waals surface area contributed by atoms with Crippen molar-refractivity contribution in [2.24, 2.45) is 5.92 Å². The summed E-state index contributed by atoms with van der Waals surface area (Å²) >= 11 is 0. The lowest BCUT2D eigenvalue weighted by atomic mass is 10.1. The second-order valence-electron chi connectivity index (χ2n) is 4.03. The standard InChI is InChI=1S/C12H14O2/c1-2-4-9(5-3-1)10-8-11(10)12-13-6-7-14-12/h1-5,10-12H,6-8H2. The topological polar surface area (TPSA) is 18.5 Å². The molecule has 2 fully saturated rings. The van der Waals surface area contributed by atoms with Crippen molar-refractivity contribution in [3.8, 4) is 0 Å².